The number of aryl methyl sites for hydroxylation is 1. The topological polar surface area (TPSA) is 36.4 Å². The summed E-state index contributed by atoms with van der Waals surface area (Å²) >= 11 is 0. The van der Waals surface area contributed by atoms with Gasteiger partial charge in [0.15, 0.2) is 0 Å². The SMILES string of the molecule is CCN(C(=O)c1ccc(N2CCCc3ccccc32)cn1)c1ccccc1. The summed E-state index contributed by atoms with van der Waals surface area (Å²) in [6.45, 7) is 3.55. The summed E-state index contributed by atoms with van der Waals surface area (Å²) in [4.78, 5) is 21.4. The van der Waals surface area contributed by atoms with Crippen molar-refractivity contribution in [2.24, 2.45) is 0 Å². The predicted octanol–water partition coefficient (Wildman–Crippen LogP) is 4.83. The Hall–Kier alpha value is -3.14. The van der Waals surface area contributed by atoms with Crippen LogP contribution >= 0.6 is 0 Å². The smallest absolute Gasteiger partial charge is 0.276 e. The van der Waals surface area contributed by atoms with Crippen LogP contribution in [0.15, 0.2) is 72.9 Å². The van der Waals surface area contributed by atoms with Crippen LogP contribution < -0.4 is 9.80 Å². The molecule has 1 aliphatic rings. The highest BCUT2D eigenvalue weighted by molar-refractivity contribution is 6.04. The summed E-state index contributed by atoms with van der Waals surface area (Å²) in [5.74, 6) is -0.0747. The van der Waals surface area contributed by atoms with Crippen LogP contribution in [0.25, 0.3) is 0 Å². The summed E-state index contributed by atoms with van der Waals surface area (Å²) in [6, 6.07) is 22.1. The monoisotopic (exact) mass is 357 g/mol. The lowest BCUT2D eigenvalue weighted by molar-refractivity contribution is 0.0983. The van der Waals surface area contributed by atoms with Crippen molar-refractivity contribution in [1.29, 1.82) is 0 Å². The molecule has 4 heteroatoms. The van der Waals surface area contributed by atoms with Crippen LogP contribution in [0.5, 0.6) is 0 Å². The predicted molar refractivity (Wildman–Crippen MR) is 110 cm³/mol. The standard InChI is InChI=1S/C23H23N3O/c1-2-25(19-11-4-3-5-12-19)23(27)21-15-14-20(17-24-21)26-16-8-10-18-9-6-7-13-22(18)26/h3-7,9,11-15,17H,2,8,10,16H2,1H3. The van der Waals surface area contributed by atoms with Gasteiger partial charge in [0.25, 0.3) is 5.91 Å². The van der Waals surface area contributed by atoms with Crippen molar-refractivity contribution in [3.05, 3.63) is 84.2 Å². The first kappa shape index (κ1) is 17.3. The molecule has 0 aliphatic carbocycles. The molecular formula is C23H23N3O. The lowest BCUT2D eigenvalue weighted by Gasteiger charge is -2.31. The van der Waals surface area contributed by atoms with Crippen molar-refractivity contribution in [3.8, 4) is 0 Å². The Balaban J connectivity index is 1.59. The maximum absolute atomic E-state index is 12.9. The van der Waals surface area contributed by atoms with Crippen molar-refractivity contribution in [3.63, 3.8) is 0 Å². The second-order valence-corrected chi connectivity index (χ2v) is 6.67. The number of hydrogen-bond donors (Lipinski definition) is 0. The molecule has 0 spiro atoms. The largest absolute Gasteiger partial charge is 0.340 e. The molecule has 0 bridgehead atoms. The van der Waals surface area contributed by atoms with Crippen molar-refractivity contribution < 1.29 is 4.79 Å². The Morgan fingerprint density at radius 2 is 1.81 bits per heavy atom. The number of pyridine rings is 1. The Morgan fingerprint density at radius 3 is 2.56 bits per heavy atom. The van der Waals surface area contributed by atoms with E-state index in [-0.39, 0.29) is 5.91 Å². The van der Waals surface area contributed by atoms with Gasteiger partial charge >= 0.3 is 0 Å². The van der Waals surface area contributed by atoms with E-state index in [1.807, 2.05) is 55.6 Å². The Labute approximate surface area is 160 Å². The number of para-hydroxylation sites is 2. The molecule has 0 radical (unpaired) electrons. The fourth-order valence-electron chi connectivity index (χ4n) is 3.66. The molecule has 1 amide bonds. The van der Waals surface area contributed by atoms with E-state index in [9.17, 15) is 4.79 Å². The highest BCUT2D eigenvalue weighted by Crippen LogP contribution is 2.32. The number of carbonyl (C=O) groups is 1. The molecule has 0 fully saturated rings. The van der Waals surface area contributed by atoms with Gasteiger partial charge in [0.2, 0.25) is 0 Å². The minimum absolute atomic E-state index is 0.0747. The fourth-order valence-corrected chi connectivity index (χ4v) is 3.66. The first-order valence-corrected chi connectivity index (χ1v) is 9.46. The summed E-state index contributed by atoms with van der Waals surface area (Å²) in [7, 11) is 0. The normalized spacial score (nSPS) is 13.1. The summed E-state index contributed by atoms with van der Waals surface area (Å²) in [5.41, 5.74) is 4.99. The van der Waals surface area contributed by atoms with Crippen LogP contribution in [0.4, 0.5) is 17.1 Å². The van der Waals surface area contributed by atoms with Gasteiger partial charge in [-0.2, -0.15) is 0 Å². The van der Waals surface area contributed by atoms with Crippen molar-refractivity contribution in [2.75, 3.05) is 22.9 Å². The molecule has 0 saturated heterocycles. The first-order valence-electron chi connectivity index (χ1n) is 9.46. The van der Waals surface area contributed by atoms with Crippen LogP contribution in [-0.4, -0.2) is 24.0 Å². The highest BCUT2D eigenvalue weighted by atomic mass is 16.2. The third kappa shape index (κ3) is 3.43. The van der Waals surface area contributed by atoms with Gasteiger partial charge in [-0.15, -0.1) is 0 Å². The maximum Gasteiger partial charge on any atom is 0.276 e. The third-order valence-corrected chi connectivity index (χ3v) is 5.02. The van der Waals surface area contributed by atoms with Gasteiger partial charge in [0.1, 0.15) is 5.69 Å². The molecule has 2 aromatic carbocycles. The number of nitrogens with zero attached hydrogens (tertiary/aromatic N) is 3. The van der Waals surface area contributed by atoms with E-state index in [0.29, 0.717) is 12.2 Å². The van der Waals surface area contributed by atoms with E-state index in [1.54, 1.807) is 4.90 Å². The molecule has 0 saturated carbocycles. The van der Waals surface area contributed by atoms with Gasteiger partial charge in [-0.05, 0) is 55.7 Å². The van der Waals surface area contributed by atoms with E-state index in [4.69, 9.17) is 0 Å². The van der Waals surface area contributed by atoms with E-state index >= 15 is 0 Å². The molecule has 3 aromatic rings. The minimum Gasteiger partial charge on any atom is -0.340 e. The highest BCUT2D eigenvalue weighted by Gasteiger charge is 2.20. The van der Waals surface area contributed by atoms with Crippen molar-refractivity contribution in [2.45, 2.75) is 19.8 Å². The molecule has 0 N–H and O–H groups in total. The van der Waals surface area contributed by atoms with Crippen LogP contribution in [-0.2, 0) is 6.42 Å². The van der Waals surface area contributed by atoms with Gasteiger partial charge in [0, 0.05) is 24.5 Å². The van der Waals surface area contributed by atoms with Gasteiger partial charge < -0.3 is 9.80 Å². The zero-order chi connectivity index (χ0) is 18.6. The Bertz CT molecular complexity index is 922. The van der Waals surface area contributed by atoms with E-state index in [0.717, 1.165) is 30.8 Å². The Kier molecular flexibility index (Phi) is 4.88. The molecule has 4 nitrogen and oxygen atoms in total. The first-order chi connectivity index (χ1) is 13.3. The van der Waals surface area contributed by atoms with E-state index in [1.165, 1.54) is 11.3 Å². The van der Waals surface area contributed by atoms with Crippen LogP contribution in [0, 0.1) is 0 Å². The zero-order valence-electron chi connectivity index (χ0n) is 15.5. The average Bonchev–Trinajstić information content (AvgIpc) is 2.75. The molecule has 1 aromatic heterocycles. The van der Waals surface area contributed by atoms with E-state index in [2.05, 4.69) is 34.1 Å². The summed E-state index contributed by atoms with van der Waals surface area (Å²) in [5, 5.41) is 0. The quantitative estimate of drug-likeness (QED) is 0.671. The maximum atomic E-state index is 12.9. The number of carbonyl (C=O) groups excluding carboxylic acids is 1. The number of fused-ring (bicyclic) bond motifs is 1. The molecule has 136 valence electrons. The van der Waals surface area contributed by atoms with Gasteiger partial charge in [-0.25, -0.2) is 4.98 Å². The molecule has 0 atom stereocenters. The van der Waals surface area contributed by atoms with Gasteiger partial charge in [-0.3, -0.25) is 4.79 Å². The second-order valence-electron chi connectivity index (χ2n) is 6.67. The Morgan fingerprint density at radius 1 is 1.04 bits per heavy atom. The number of anilines is 3. The van der Waals surface area contributed by atoms with Crippen LogP contribution in [0.2, 0.25) is 0 Å². The number of rotatable bonds is 4. The molecular weight excluding hydrogens is 334 g/mol. The molecule has 27 heavy (non-hydrogen) atoms. The fraction of sp³-hybridized carbons (Fsp3) is 0.217. The zero-order valence-corrected chi connectivity index (χ0v) is 15.5. The van der Waals surface area contributed by atoms with Gasteiger partial charge in [-0.1, -0.05) is 36.4 Å². The number of aromatic nitrogens is 1. The van der Waals surface area contributed by atoms with Gasteiger partial charge in [0.05, 0.1) is 11.9 Å². The van der Waals surface area contributed by atoms with Crippen LogP contribution in [0.1, 0.15) is 29.4 Å². The van der Waals surface area contributed by atoms with E-state index < -0.39 is 0 Å². The summed E-state index contributed by atoms with van der Waals surface area (Å²) < 4.78 is 0. The number of amides is 1. The lowest BCUT2D eigenvalue weighted by atomic mass is 10.0. The lowest BCUT2D eigenvalue weighted by Crippen LogP contribution is -2.31. The molecule has 1 aliphatic heterocycles. The number of benzene rings is 2. The van der Waals surface area contributed by atoms with Crippen molar-refractivity contribution in [1.82, 2.24) is 4.98 Å². The summed E-state index contributed by atoms with van der Waals surface area (Å²) in [6.07, 6.45) is 4.04. The molecule has 4 rings (SSSR count). The number of hydrogen-bond acceptors (Lipinski definition) is 3. The van der Waals surface area contributed by atoms with Crippen LogP contribution in [0.3, 0.4) is 0 Å². The second kappa shape index (κ2) is 7.62. The average molecular weight is 357 g/mol. The molecule has 0 unspecified atom stereocenters. The van der Waals surface area contributed by atoms with Crippen molar-refractivity contribution >= 4 is 23.0 Å². The minimum atomic E-state index is -0.0747. The molecule has 2 heterocycles. The third-order valence-electron chi connectivity index (χ3n) is 5.02.